The van der Waals surface area contributed by atoms with Gasteiger partial charge in [-0.25, -0.2) is 0 Å². The SMILES string of the molecule is OCC1Cc2c(Br)cccc2CN1. The standard InChI is InChI=1S/C10H12BrNO/c11-10-3-1-2-7-5-12-8(6-13)4-9(7)10/h1-3,8,12-13H,4-6H2. The first-order valence-electron chi connectivity index (χ1n) is 4.42. The van der Waals surface area contributed by atoms with Gasteiger partial charge in [0.05, 0.1) is 6.61 Å². The Hall–Kier alpha value is -0.380. The smallest absolute Gasteiger partial charge is 0.0587 e. The second kappa shape index (κ2) is 3.78. The maximum atomic E-state index is 9.03. The molecule has 0 bridgehead atoms. The van der Waals surface area contributed by atoms with E-state index in [0.29, 0.717) is 0 Å². The summed E-state index contributed by atoms with van der Waals surface area (Å²) >= 11 is 3.53. The molecule has 0 fully saturated rings. The zero-order chi connectivity index (χ0) is 9.26. The molecule has 13 heavy (non-hydrogen) atoms. The van der Waals surface area contributed by atoms with Crippen LogP contribution < -0.4 is 5.32 Å². The van der Waals surface area contributed by atoms with Gasteiger partial charge in [0.25, 0.3) is 0 Å². The molecule has 1 aromatic rings. The lowest BCUT2D eigenvalue weighted by molar-refractivity contribution is 0.235. The summed E-state index contributed by atoms with van der Waals surface area (Å²) in [6, 6.07) is 6.44. The van der Waals surface area contributed by atoms with E-state index in [9.17, 15) is 0 Å². The second-order valence-corrected chi connectivity index (χ2v) is 4.20. The summed E-state index contributed by atoms with van der Waals surface area (Å²) in [7, 11) is 0. The lowest BCUT2D eigenvalue weighted by Crippen LogP contribution is -2.38. The Morgan fingerprint density at radius 2 is 2.38 bits per heavy atom. The normalized spacial score (nSPS) is 21.2. The molecule has 3 heteroatoms. The number of nitrogens with one attached hydrogen (secondary N) is 1. The predicted octanol–water partition coefficient (Wildman–Crippen LogP) is 1.46. The fourth-order valence-corrected chi connectivity index (χ4v) is 2.27. The second-order valence-electron chi connectivity index (χ2n) is 3.34. The van der Waals surface area contributed by atoms with E-state index in [-0.39, 0.29) is 12.6 Å². The molecule has 1 aliphatic rings. The molecule has 0 aliphatic carbocycles. The summed E-state index contributed by atoms with van der Waals surface area (Å²) in [5.74, 6) is 0. The average molecular weight is 242 g/mol. The van der Waals surface area contributed by atoms with Crippen molar-refractivity contribution in [2.24, 2.45) is 0 Å². The number of rotatable bonds is 1. The molecular formula is C10H12BrNO. The third-order valence-electron chi connectivity index (χ3n) is 2.47. The van der Waals surface area contributed by atoms with Crippen molar-refractivity contribution < 1.29 is 5.11 Å². The molecule has 0 aromatic heterocycles. The number of aliphatic hydroxyl groups is 1. The van der Waals surface area contributed by atoms with Crippen LogP contribution in [-0.4, -0.2) is 17.8 Å². The Bertz CT molecular complexity index is 314. The lowest BCUT2D eigenvalue weighted by Gasteiger charge is -2.25. The molecule has 0 saturated carbocycles. The van der Waals surface area contributed by atoms with Gasteiger partial charge >= 0.3 is 0 Å². The van der Waals surface area contributed by atoms with Crippen LogP contribution >= 0.6 is 15.9 Å². The van der Waals surface area contributed by atoms with E-state index in [4.69, 9.17) is 5.11 Å². The Labute approximate surface area is 86.1 Å². The largest absolute Gasteiger partial charge is 0.395 e. The molecule has 1 aliphatic heterocycles. The Morgan fingerprint density at radius 1 is 1.54 bits per heavy atom. The summed E-state index contributed by atoms with van der Waals surface area (Å²) < 4.78 is 1.16. The molecule has 1 unspecified atom stereocenters. The van der Waals surface area contributed by atoms with Crippen LogP contribution in [0.15, 0.2) is 22.7 Å². The van der Waals surface area contributed by atoms with Crippen molar-refractivity contribution in [2.75, 3.05) is 6.61 Å². The Morgan fingerprint density at radius 3 is 3.15 bits per heavy atom. The molecular weight excluding hydrogens is 230 g/mol. The van der Waals surface area contributed by atoms with E-state index in [2.05, 4.69) is 33.4 Å². The maximum absolute atomic E-state index is 9.03. The van der Waals surface area contributed by atoms with Gasteiger partial charge in [-0.3, -0.25) is 0 Å². The summed E-state index contributed by atoms with van der Waals surface area (Å²) in [5, 5.41) is 12.3. The zero-order valence-electron chi connectivity index (χ0n) is 7.26. The minimum absolute atomic E-state index is 0.209. The van der Waals surface area contributed by atoms with Crippen molar-refractivity contribution in [3.63, 3.8) is 0 Å². The topological polar surface area (TPSA) is 32.3 Å². The van der Waals surface area contributed by atoms with Gasteiger partial charge in [-0.05, 0) is 23.6 Å². The quantitative estimate of drug-likeness (QED) is 0.781. The van der Waals surface area contributed by atoms with Crippen molar-refractivity contribution in [1.29, 1.82) is 0 Å². The molecule has 70 valence electrons. The summed E-state index contributed by atoms with van der Waals surface area (Å²) in [6.07, 6.45) is 0.910. The number of benzene rings is 1. The monoisotopic (exact) mass is 241 g/mol. The van der Waals surface area contributed by atoms with E-state index < -0.39 is 0 Å². The number of aliphatic hydroxyl groups excluding tert-OH is 1. The zero-order valence-corrected chi connectivity index (χ0v) is 8.84. The highest BCUT2D eigenvalue weighted by Crippen LogP contribution is 2.24. The fourth-order valence-electron chi connectivity index (χ4n) is 1.70. The Balaban J connectivity index is 2.32. The first-order chi connectivity index (χ1) is 6.31. The highest BCUT2D eigenvalue weighted by Gasteiger charge is 2.18. The highest BCUT2D eigenvalue weighted by atomic mass is 79.9. The predicted molar refractivity (Wildman–Crippen MR) is 55.6 cm³/mol. The van der Waals surface area contributed by atoms with E-state index in [1.54, 1.807) is 0 Å². The van der Waals surface area contributed by atoms with Crippen LogP contribution in [0.4, 0.5) is 0 Å². The molecule has 2 N–H and O–H groups in total. The number of halogens is 1. The van der Waals surface area contributed by atoms with Crippen LogP contribution in [0.1, 0.15) is 11.1 Å². The van der Waals surface area contributed by atoms with Crippen LogP contribution in [0.3, 0.4) is 0 Å². The van der Waals surface area contributed by atoms with Crippen molar-refractivity contribution in [3.8, 4) is 0 Å². The van der Waals surface area contributed by atoms with Gasteiger partial charge in [0.2, 0.25) is 0 Å². The van der Waals surface area contributed by atoms with Gasteiger partial charge in [0, 0.05) is 17.1 Å². The number of fused-ring (bicyclic) bond motifs is 1. The molecule has 1 aromatic carbocycles. The van der Waals surface area contributed by atoms with Crippen LogP contribution in [0, 0.1) is 0 Å². The van der Waals surface area contributed by atoms with Crippen molar-refractivity contribution >= 4 is 15.9 Å². The van der Waals surface area contributed by atoms with E-state index in [1.807, 2.05) is 6.07 Å². The third-order valence-corrected chi connectivity index (χ3v) is 3.21. The number of hydrogen-bond donors (Lipinski definition) is 2. The molecule has 0 spiro atoms. The first kappa shape index (κ1) is 9.19. The van der Waals surface area contributed by atoms with Gasteiger partial charge in [0.15, 0.2) is 0 Å². The first-order valence-corrected chi connectivity index (χ1v) is 5.21. The average Bonchev–Trinajstić information content (AvgIpc) is 2.18. The van der Waals surface area contributed by atoms with Gasteiger partial charge in [-0.2, -0.15) is 0 Å². The Kier molecular flexibility index (Phi) is 2.67. The van der Waals surface area contributed by atoms with Gasteiger partial charge in [-0.1, -0.05) is 28.1 Å². The molecule has 1 atom stereocenters. The highest BCUT2D eigenvalue weighted by molar-refractivity contribution is 9.10. The molecule has 1 heterocycles. The summed E-state index contributed by atoms with van der Waals surface area (Å²) in [6.45, 7) is 1.07. The minimum Gasteiger partial charge on any atom is -0.395 e. The molecule has 2 nitrogen and oxygen atoms in total. The maximum Gasteiger partial charge on any atom is 0.0587 e. The summed E-state index contributed by atoms with van der Waals surface area (Å²) in [5.41, 5.74) is 2.67. The molecule has 0 amide bonds. The van der Waals surface area contributed by atoms with E-state index in [0.717, 1.165) is 17.4 Å². The van der Waals surface area contributed by atoms with Crippen molar-refractivity contribution in [1.82, 2.24) is 5.32 Å². The van der Waals surface area contributed by atoms with Gasteiger partial charge in [0.1, 0.15) is 0 Å². The van der Waals surface area contributed by atoms with Gasteiger partial charge in [-0.15, -0.1) is 0 Å². The van der Waals surface area contributed by atoms with Crippen LogP contribution in [0.25, 0.3) is 0 Å². The number of hydrogen-bond acceptors (Lipinski definition) is 2. The minimum atomic E-state index is 0.209. The van der Waals surface area contributed by atoms with E-state index in [1.165, 1.54) is 11.1 Å². The van der Waals surface area contributed by atoms with Crippen molar-refractivity contribution in [2.45, 2.75) is 19.0 Å². The molecule has 0 saturated heterocycles. The lowest BCUT2D eigenvalue weighted by atomic mass is 9.96. The van der Waals surface area contributed by atoms with Gasteiger partial charge < -0.3 is 10.4 Å². The molecule has 2 rings (SSSR count). The van der Waals surface area contributed by atoms with Crippen LogP contribution in [0.5, 0.6) is 0 Å². The van der Waals surface area contributed by atoms with Crippen LogP contribution in [0.2, 0.25) is 0 Å². The summed E-state index contributed by atoms with van der Waals surface area (Å²) in [4.78, 5) is 0. The third kappa shape index (κ3) is 1.77. The van der Waals surface area contributed by atoms with E-state index >= 15 is 0 Å². The van der Waals surface area contributed by atoms with Crippen LogP contribution in [-0.2, 0) is 13.0 Å². The van der Waals surface area contributed by atoms with Crippen molar-refractivity contribution in [3.05, 3.63) is 33.8 Å². The molecule has 0 radical (unpaired) electrons. The fraction of sp³-hybridized carbons (Fsp3) is 0.400.